The molecule has 0 fully saturated rings. The molecule has 0 aromatic rings. The molecule has 0 aliphatic rings. The van der Waals surface area contributed by atoms with Gasteiger partial charge in [0.05, 0.1) is 19.6 Å². The average Bonchev–Trinajstić information content (AvgIpc) is 2.31. The van der Waals surface area contributed by atoms with E-state index in [1.165, 1.54) is 0 Å². The van der Waals surface area contributed by atoms with Crippen LogP contribution in [0.3, 0.4) is 0 Å². The summed E-state index contributed by atoms with van der Waals surface area (Å²) in [5, 5.41) is 0. The largest absolute Gasteiger partial charge is 1.00 e. The third kappa shape index (κ3) is 7.92. The molecule has 0 spiro atoms. The van der Waals surface area contributed by atoms with E-state index in [9.17, 15) is 22.6 Å². The van der Waals surface area contributed by atoms with Crippen LogP contribution < -0.4 is 29.6 Å². The number of carbonyl (C=O) groups excluding carboxylic acids is 2. The molecule has 0 bridgehead atoms. The summed E-state index contributed by atoms with van der Waals surface area (Å²) in [7, 11) is -5.07. The Labute approximate surface area is 154 Å². The maximum Gasteiger partial charge on any atom is 1.00 e. The molecular formula is C13H23NaO7S. The van der Waals surface area contributed by atoms with E-state index in [-0.39, 0.29) is 54.6 Å². The number of rotatable bonds is 8. The molecule has 0 N–H and O–H groups in total. The van der Waals surface area contributed by atoms with Crippen LogP contribution in [0.15, 0.2) is 0 Å². The number of hydrogen-bond donors (Lipinski definition) is 0. The van der Waals surface area contributed by atoms with Crippen LogP contribution in [0.5, 0.6) is 0 Å². The first kappa shape index (κ1) is 24.1. The van der Waals surface area contributed by atoms with Gasteiger partial charge < -0.3 is 14.0 Å². The average molecular weight is 346 g/mol. The fourth-order valence-electron chi connectivity index (χ4n) is 1.24. The maximum absolute atomic E-state index is 11.9. The van der Waals surface area contributed by atoms with Crippen LogP contribution in [0.1, 0.15) is 41.0 Å². The third-order valence-corrected chi connectivity index (χ3v) is 4.01. The van der Waals surface area contributed by atoms with Crippen molar-refractivity contribution >= 4 is 22.1 Å². The smallest absolute Gasteiger partial charge is 0.747 e. The Morgan fingerprint density at radius 1 is 1.05 bits per heavy atom. The van der Waals surface area contributed by atoms with Crippen LogP contribution in [0.2, 0.25) is 0 Å². The topological polar surface area (TPSA) is 110 Å². The Hall–Kier alpha value is -0.150. The van der Waals surface area contributed by atoms with E-state index in [1.807, 2.05) is 0 Å². The molecule has 1 unspecified atom stereocenters. The molecule has 0 saturated heterocycles. The number of hydrogen-bond acceptors (Lipinski definition) is 7. The van der Waals surface area contributed by atoms with Crippen molar-refractivity contribution in [3.05, 3.63) is 0 Å². The molecule has 1 atom stereocenters. The molecular weight excluding hydrogens is 323 g/mol. The second-order valence-electron chi connectivity index (χ2n) is 5.93. The standard InChI is InChI=1S/C13H24O7S.Na/c1-9(2)7-19-11(14)6-13(5,21(16,17)18)12(15)20-8-10(3)4;/h9-10H,6-8H2,1-5H3,(H,16,17,18);/q;+1/p-1. The van der Waals surface area contributed by atoms with Crippen LogP contribution in [0.4, 0.5) is 0 Å². The number of esters is 2. The van der Waals surface area contributed by atoms with Gasteiger partial charge in [-0.2, -0.15) is 0 Å². The van der Waals surface area contributed by atoms with E-state index in [2.05, 4.69) is 0 Å². The van der Waals surface area contributed by atoms with Gasteiger partial charge in [0.2, 0.25) is 0 Å². The van der Waals surface area contributed by atoms with Gasteiger partial charge in [-0.15, -0.1) is 0 Å². The van der Waals surface area contributed by atoms with Gasteiger partial charge >= 0.3 is 41.5 Å². The molecule has 0 saturated carbocycles. The van der Waals surface area contributed by atoms with Crippen LogP contribution in [-0.4, -0.2) is 42.9 Å². The zero-order valence-electron chi connectivity index (χ0n) is 14.0. The fourth-order valence-corrected chi connectivity index (χ4v) is 1.80. The molecule has 0 aromatic carbocycles. The van der Waals surface area contributed by atoms with Gasteiger partial charge in [0.1, 0.15) is 10.1 Å². The predicted octanol–water partition coefficient (Wildman–Crippen LogP) is -1.92. The van der Waals surface area contributed by atoms with Gasteiger partial charge in [0.25, 0.3) is 0 Å². The molecule has 9 heteroatoms. The van der Waals surface area contributed by atoms with Crippen molar-refractivity contribution in [3.63, 3.8) is 0 Å². The predicted molar refractivity (Wildman–Crippen MR) is 74.3 cm³/mol. The summed E-state index contributed by atoms with van der Waals surface area (Å²) in [6.45, 7) is 8.04. The van der Waals surface area contributed by atoms with Gasteiger partial charge in [0.15, 0.2) is 4.75 Å². The molecule has 0 heterocycles. The first-order valence-corrected chi connectivity index (χ1v) is 8.09. The third-order valence-electron chi connectivity index (χ3n) is 2.59. The summed E-state index contributed by atoms with van der Waals surface area (Å²) >= 11 is 0. The minimum Gasteiger partial charge on any atom is -0.747 e. The molecule has 7 nitrogen and oxygen atoms in total. The van der Waals surface area contributed by atoms with E-state index in [1.54, 1.807) is 27.7 Å². The number of ether oxygens (including phenoxy) is 2. The second kappa shape index (κ2) is 9.87. The van der Waals surface area contributed by atoms with E-state index in [0.29, 0.717) is 0 Å². The van der Waals surface area contributed by atoms with Gasteiger partial charge in [-0.3, -0.25) is 9.59 Å². The quantitative estimate of drug-likeness (QED) is 0.286. The van der Waals surface area contributed by atoms with Gasteiger partial charge in [-0.05, 0) is 18.8 Å². The van der Waals surface area contributed by atoms with Crippen molar-refractivity contribution in [1.29, 1.82) is 0 Å². The first-order valence-electron chi connectivity index (χ1n) is 6.68. The minimum atomic E-state index is -5.07. The van der Waals surface area contributed by atoms with E-state index in [0.717, 1.165) is 6.92 Å². The zero-order chi connectivity index (χ0) is 16.8. The normalized spacial score (nSPS) is 14.2. The van der Waals surface area contributed by atoms with Crippen molar-refractivity contribution < 1.29 is 61.6 Å². The van der Waals surface area contributed by atoms with Crippen LogP contribution >= 0.6 is 0 Å². The molecule has 0 aliphatic carbocycles. The Kier molecular flexibility index (Phi) is 10.8. The summed E-state index contributed by atoms with van der Waals surface area (Å²) in [6.07, 6.45) is -0.859. The molecule has 0 aliphatic heterocycles. The Balaban J connectivity index is 0. The zero-order valence-corrected chi connectivity index (χ0v) is 16.9. The molecule has 0 radical (unpaired) electrons. The summed E-state index contributed by atoms with van der Waals surface area (Å²) in [4.78, 5) is 23.5. The van der Waals surface area contributed by atoms with Crippen molar-refractivity contribution in [2.45, 2.75) is 45.8 Å². The van der Waals surface area contributed by atoms with Crippen molar-refractivity contribution in [2.24, 2.45) is 11.8 Å². The minimum absolute atomic E-state index is 0. The molecule has 0 amide bonds. The van der Waals surface area contributed by atoms with Gasteiger partial charge in [-0.25, -0.2) is 8.42 Å². The maximum atomic E-state index is 11.9. The van der Waals surface area contributed by atoms with E-state index in [4.69, 9.17) is 9.47 Å². The summed E-state index contributed by atoms with van der Waals surface area (Å²) in [6, 6.07) is 0. The van der Waals surface area contributed by atoms with Crippen molar-refractivity contribution in [1.82, 2.24) is 0 Å². The second-order valence-corrected chi connectivity index (χ2v) is 7.74. The SMILES string of the molecule is CC(C)COC(=O)CC(C)(C(=O)OCC(C)C)S(=O)(=O)[O-].[Na+]. The molecule has 22 heavy (non-hydrogen) atoms. The summed E-state index contributed by atoms with van der Waals surface area (Å²) in [5.74, 6) is -2.13. The fraction of sp³-hybridized carbons (Fsp3) is 0.846. The van der Waals surface area contributed by atoms with Crippen molar-refractivity contribution in [2.75, 3.05) is 13.2 Å². The van der Waals surface area contributed by atoms with Gasteiger partial charge in [-0.1, -0.05) is 27.7 Å². The Morgan fingerprint density at radius 2 is 1.45 bits per heavy atom. The van der Waals surface area contributed by atoms with Crippen LogP contribution in [0, 0.1) is 11.8 Å². The summed E-state index contributed by atoms with van der Waals surface area (Å²) < 4.78 is 41.2. The van der Waals surface area contributed by atoms with E-state index < -0.39 is 33.2 Å². The van der Waals surface area contributed by atoms with Crippen LogP contribution in [-0.2, 0) is 29.2 Å². The Morgan fingerprint density at radius 3 is 1.82 bits per heavy atom. The van der Waals surface area contributed by atoms with Gasteiger partial charge in [0, 0.05) is 0 Å². The van der Waals surface area contributed by atoms with Crippen molar-refractivity contribution in [3.8, 4) is 0 Å². The number of carbonyl (C=O) groups is 2. The molecule has 0 aromatic heterocycles. The molecule has 0 rings (SSSR count). The van der Waals surface area contributed by atoms with E-state index >= 15 is 0 Å². The van der Waals surface area contributed by atoms with Crippen LogP contribution in [0.25, 0.3) is 0 Å². The first-order chi connectivity index (χ1) is 9.40. The molecule has 124 valence electrons. The Bertz CT molecular complexity index is 473. The monoisotopic (exact) mass is 346 g/mol. The summed E-state index contributed by atoms with van der Waals surface area (Å²) in [5.41, 5.74) is 0.